The van der Waals surface area contributed by atoms with Crippen molar-refractivity contribution in [1.82, 2.24) is 20.0 Å². The van der Waals surface area contributed by atoms with Gasteiger partial charge in [0, 0.05) is 19.8 Å². The Morgan fingerprint density at radius 2 is 1.95 bits per heavy atom. The summed E-state index contributed by atoms with van der Waals surface area (Å²) < 4.78 is 1.74. The van der Waals surface area contributed by atoms with Gasteiger partial charge < -0.3 is 10.2 Å². The normalized spacial score (nSPS) is 25.1. The zero-order valence-corrected chi connectivity index (χ0v) is 13.4. The van der Waals surface area contributed by atoms with Crippen LogP contribution < -0.4 is 5.32 Å². The molecule has 21 heavy (non-hydrogen) atoms. The van der Waals surface area contributed by atoms with Crippen LogP contribution in [-0.4, -0.2) is 44.1 Å². The number of nitrogens with one attached hydrogen (secondary N) is 1. The molecule has 0 bridgehead atoms. The quantitative estimate of drug-likeness (QED) is 0.895. The summed E-state index contributed by atoms with van der Waals surface area (Å²) in [5.41, 5.74) is -0.569. The van der Waals surface area contributed by atoms with Gasteiger partial charge in [-0.1, -0.05) is 6.92 Å². The summed E-state index contributed by atoms with van der Waals surface area (Å²) in [6.07, 6.45) is 4.99. The van der Waals surface area contributed by atoms with Crippen molar-refractivity contribution in [3.63, 3.8) is 0 Å². The fourth-order valence-electron chi connectivity index (χ4n) is 2.59. The van der Waals surface area contributed by atoms with Crippen molar-refractivity contribution >= 4 is 11.8 Å². The van der Waals surface area contributed by atoms with Crippen molar-refractivity contribution in [3.8, 4) is 0 Å². The van der Waals surface area contributed by atoms with E-state index >= 15 is 0 Å². The van der Waals surface area contributed by atoms with Crippen LogP contribution in [0.3, 0.4) is 0 Å². The lowest BCUT2D eigenvalue weighted by Gasteiger charge is -2.48. The van der Waals surface area contributed by atoms with Crippen LogP contribution in [0.15, 0.2) is 12.4 Å². The molecule has 2 amide bonds. The third-order valence-electron chi connectivity index (χ3n) is 4.43. The van der Waals surface area contributed by atoms with Crippen LogP contribution >= 0.6 is 0 Å². The maximum atomic E-state index is 12.8. The first-order valence-electron chi connectivity index (χ1n) is 7.33. The fourth-order valence-corrected chi connectivity index (χ4v) is 2.59. The second kappa shape index (κ2) is 5.16. The van der Waals surface area contributed by atoms with Gasteiger partial charge in [-0.3, -0.25) is 14.3 Å². The molecule has 2 rings (SSSR count). The van der Waals surface area contributed by atoms with Gasteiger partial charge in [0.2, 0.25) is 11.8 Å². The van der Waals surface area contributed by atoms with Crippen molar-refractivity contribution in [2.45, 2.75) is 51.6 Å². The molecule has 1 unspecified atom stereocenters. The first kappa shape index (κ1) is 15.5. The molecule has 0 saturated carbocycles. The minimum absolute atomic E-state index is 0.0153. The number of nitrogens with zero attached hydrogens (tertiary/aromatic N) is 3. The van der Waals surface area contributed by atoms with Crippen LogP contribution in [0.5, 0.6) is 0 Å². The number of carbonyl (C=O) groups excluding carboxylic acids is 2. The van der Waals surface area contributed by atoms with Gasteiger partial charge in [-0.2, -0.15) is 5.10 Å². The SMILES string of the molecule is CCC1(C)NC(=O)C(C)(C)N(CCc2cnn(C)c2)C1=O. The molecule has 6 heteroatoms. The van der Waals surface area contributed by atoms with Gasteiger partial charge in [0.15, 0.2) is 0 Å². The molecule has 1 aliphatic rings. The first-order valence-corrected chi connectivity index (χ1v) is 7.33. The summed E-state index contributed by atoms with van der Waals surface area (Å²) in [5, 5.41) is 7.00. The predicted octanol–water partition coefficient (Wildman–Crippen LogP) is 0.868. The highest BCUT2D eigenvalue weighted by atomic mass is 16.2. The topological polar surface area (TPSA) is 67.2 Å². The summed E-state index contributed by atoms with van der Waals surface area (Å²) in [4.78, 5) is 26.8. The molecular weight excluding hydrogens is 268 g/mol. The van der Waals surface area contributed by atoms with E-state index in [1.54, 1.807) is 36.5 Å². The van der Waals surface area contributed by atoms with Crippen LogP contribution in [0, 0.1) is 0 Å². The minimum Gasteiger partial charge on any atom is -0.340 e. The first-order chi connectivity index (χ1) is 9.70. The summed E-state index contributed by atoms with van der Waals surface area (Å²) in [6, 6.07) is 0. The fraction of sp³-hybridized carbons (Fsp3) is 0.667. The molecule has 1 aromatic heterocycles. The lowest BCUT2D eigenvalue weighted by molar-refractivity contribution is -0.160. The summed E-state index contributed by atoms with van der Waals surface area (Å²) in [6.45, 7) is 7.80. The molecule has 2 heterocycles. The van der Waals surface area contributed by atoms with Gasteiger partial charge in [0.25, 0.3) is 0 Å². The Labute approximate surface area is 125 Å². The van der Waals surface area contributed by atoms with Crippen LogP contribution in [0.2, 0.25) is 0 Å². The molecule has 1 saturated heterocycles. The van der Waals surface area contributed by atoms with Crippen molar-refractivity contribution in [3.05, 3.63) is 18.0 Å². The molecule has 1 N–H and O–H groups in total. The Morgan fingerprint density at radius 3 is 2.48 bits per heavy atom. The highest BCUT2D eigenvalue weighted by Gasteiger charge is 2.51. The van der Waals surface area contributed by atoms with E-state index in [1.165, 1.54) is 0 Å². The highest BCUT2D eigenvalue weighted by molar-refractivity contribution is 6.01. The van der Waals surface area contributed by atoms with Crippen molar-refractivity contribution < 1.29 is 9.59 Å². The van der Waals surface area contributed by atoms with Gasteiger partial charge >= 0.3 is 0 Å². The zero-order valence-electron chi connectivity index (χ0n) is 13.4. The molecular formula is C15H24N4O2. The third-order valence-corrected chi connectivity index (χ3v) is 4.43. The average molecular weight is 292 g/mol. The molecule has 116 valence electrons. The minimum atomic E-state index is -0.825. The van der Waals surface area contributed by atoms with Crippen molar-refractivity contribution in [2.24, 2.45) is 7.05 Å². The number of piperazine rings is 1. The number of rotatable bonds is 4. The summed E-state index contributed by atoms with van der Waals surface area (Å²) in [5.74, 6) is -0.115. The van der Waals surface area contributed by atoms with E-state index < -0.39 is 11.1 Å². The van der Waals surface area contributed by atoms with Crippen molar-refractivity contribution in [1.29, 1.82) is 0 Å². The monoisotopic (exact) mass is 292 g/mol. The van der Waals surface area contributed by atoms with E-state index in [0.717, 1.165) is 5.56 Å². The van der Waals surface area contributed by atoms with Crippen LogP contribution in [0.4, 0.5) is 0 Å². The molecule has 0 aromatic carbocycles. The van der Waals surface area contributed by atoms with E-state index in [2.05, 4.69) is 10.4 Å². The lowest BCUT2D eigenvalue weighted by Crippen LogP contribution is -2.73. The third kappa shape index (κ3) is 2.66. The molecule has 1 atom stereocenters. The molecule has 0 aliphatic carbocycles. The average Bonchev–Trinajstić information content (AvgIpc) is 2.82. The second-order valence-corrected chi connectivity index (χ2v) is 6.43. The number of aromatic nitrogens is 2. The number of amides is 2. The molecule has 1 fully saturated rings. The Hall–Kier alpha value is -1.85. The predicted molar refractivity (Wildman–Crippen MR) is 79.5 cm³/mol. The number of carbonyl (C=O) groups is 2. The molecule has 1 aromatic rings. The molecule has 1 aliphatic heterocycles. The standard InChI is InChI=1S/C15H24N4O2/c1-6-15(4)13(21)19(14(2,3)12(20)17-15)8-7-11-9-16-18(5)10-11/h9-10H,6-8H2,1-5H3,(H,17,20). The maximum Gasteiger partial charge on any atom is 0.248 e. The Bertz CT molecular complexity index is 564. The number of aryl methyl sites for hydroxylation is 1. The second-order valence-electron chi connectivity index (χ2n) is 6.43. The summed E-state index contributed by atoms with van der Waals surface area (Å²) >= 11 is 0. The van der Waals surface area contributed by atoms with E-state index in [1.807, 2.05) is 20.2 Å². The van der Waals surface area contributed by atoms with Gasteiger partial charge in [-0.25, -0.2) is 0 Å². The van der Waals surface area contributed by atoms with E-state index in [-0.39, 0.29) is 11.8 Å². The van der Waals surface area contributed by atoms with E-state index in [9.17, 15) is 9.59 Å². The van der Waals surface area contributed by atoms with Gasteiger partial charge in [-0.15, -0.1) is 0 Å². The Balaban J connectivity index is 2.20. The van der Waals surface area contributed by atoms with Gasteiger partial charge in [0.1, 0.15) is 11.1 Å². The number of hydrogen-bond donors (Lipinski definition) is 1. The Morgan fingerprint density at radius 1 is 1.29 bits per heavy atom. The van der Waals surface area contributed by atoms with Crippen LogP contribution in [-0.2, 0) is 23.1 Å². The smallest absolute Gasteiger partial charge is 0.248 e. The van der Waals surface area contributed by atoms with E-state index in [4.69, 9.17) is 0 Å². The van der Waals surface area contributed by atoms with Crippen molar-refractivity contribution in [2.75, 3.05) is 6.54 Å². The van der Waals surface area contributed by atoms with Gasteiger partial charge in [0.05, 0.1) is 6.20 Å². The van der Waals surface area contributed by atoms with Crippen LogP contribution in [0.25, 0.3) is 0 Å². The maximum absolute atomic E-state index is 12.8. The van der Waals surface area contributed by atoms with Crippen LogP contribution in [0.1, 0.15) is 39.7 Å². The zero-order chi connectivity index (χ0) is 15.8. The molecule has 0 radical (unpaired) electrons. The highest BCUT2D eigenvalue weighted by Crippen LogP contribution is 2.28. The van der Waals surface area contributed by atoms with Gasteiger partial charge in [-0.05, 0) is 39.2 Å². The van der Waals surface area contributed by atoms with E-state index in [0.29, 0.717) is 19.4 Å². The Kier molecular flexibility index (Phi) is 3.82. The lowest BCUT2D eigenvalue weighted by atomic mass is 9.86. The summed E-state index contributed by atoms with van der Waals surface area (Å²) in [7, 11) is 1.86. The molecule has 0 spiro atoms. The molecule has 6 nitrogen and oxygen atoms in total. The largest absolute Gasteiger partial charge is 0.340 e. The number of hydrogen-bond acceptors (Lipinski definition) is 3.